The van der Waals surface area contributed by atoms with Crippen LogP contribution in [0.1, 0.15) is 71.9 Å². The zero-order valence-electron chi connectivity index (χ0n) is 21.2. The number of allylic oxidation sites excluding steroid dienone is 2. The third-order valence-electron chi connectivity index (χ3n) is 7.40. The first kappa shape index (κ1) is 26.5. The SMILES string of the molecule is CC[C@@H]1C=C[C@H](C(C)O)OC(=O)C(C)=C[C@H]2C(=O)NC3=CC(=O)c4c(cc(C)c(O)c4C(=O)CC1)[C@@]32O. The number of amides is 1. The fourth-order valence-corrected chi connectivity index (χ4v) is 5.13. The van der Waals surface area contributed by atoms with Gasteiger partial charge in [0.15, 0.2) is 11.6 Å². The highest BCUT2D eigenvalue weighted by Crippen LogP contribution is 2.49. The number of aliphatic hydroxyl groups is 2. The Kier molecular flexibility index (Phi) is 6.96. The van der Waals surface area contributed by atoms with Crippen molar-refractivity contribution < 1.29 is 39.2 Å². The third kappa shape index (κ3) is 4.42. The maximum absolute atomic E-state index is 13.4. The van der Waals surface area contributed by atoms with E-state index in [2.05, 4.69) is 5.32 Å². The number of cyclic esters (lactones) is 1. The number of benzene rings is 1. The number of aryl methyl sites for hydroxylation is 1. The number of carbonyl (C=O) groups excluding carboxylic acids is 4. The fourth-order valence-electron chi connectivity index (χ4n) is 5.13. The average molecular weight is 510 g/mol. The molecule has 4 bridgehead atoms. The molecule has 1 aromatic rings. The number of phenolic OH excluding ortho intramolecular Hbond substituents is 1. The summed E-state index contributed by atoms with van der Waals surface area (Å²) in [6, 6.07) is 1.39. The summed E-state index contributed by atoms with van der Waals surface area (Å²) in [6.45, 7) is 6.37. The van der Waals surface area contributed by atoms with Crippen molar-refractivity contribution in [3.05, 3.63) is 63.9 Å². The molecule has 2 heterocycles. The van der Waals surface area contributed by atoms with Crippen molar-refractivity contribution in [2.24, 2.45) is 11.8 Å². The molecule has 0 radical (unpaired) electrons. The van der Waals surface area contributed by atoms with E-state index in [1.807, 2.05) is 6.92 Å². The monoisotopic (exact) mass is 509 g/mol. The Morgan fingerprint density at radius 1 is 1.16 bits per heavy atom. The van der Waals surface area contributed by atoms with Gasteiger partial charge in [-0.25, -0.2) is 4.79 Å². The summed E-state index contributed by atoms with van der Waals surface area (Å²) in [7, 11) is 0. The summed E-state index contributed by atoms with van der Waals surface area (Å²) in [6.07, 6.45) is 4.68. The van der Waals surface area contributed by atoms with Crippen molar-refractivity contribution in [1.29, 1.82) is 0 Å². The predicted octanol–water partition coefficient (Wildman–Crippen LogP) is 2.51. The minimum absolute atomic E-state index is 0.00661. The predicted molar refractivity (Wildman–Crippen MR) is 133 cm³/mol. The first-order valence-electron chi connectivity index (χ1n) is 12.4. The normalized spacial score (nSPS) is 28.9. The molecule has 196 valence electrons. The van der Waals surface area contributed by atoms with Crippen LogP contribution < -0.4 is 5.32 Å². The molecule has 1 fully saturated rings. The number of ketones is 2. The van der Waals surface area contributed by atoms with E-state index in [-0.39, 0.29) is 51.6 Å². The van der Waals surface area contributed by atoms with Crippen LogP contribution in [0.5, 0.6) is 5.75 Å². The van der Waals surface area contributed by atoms with Gasteiger partial charge in [0, 0.05) is 29.2 Å². The van der Waals surface area contributed by atoms with E-state index in [0.29, 0.717) is 12.8 Å². The molecule has 5 atom stereocenters. The number of aromatic hydroxyl groups is 1. The van der Waals surface area contributed by atoms with Gasteiger partial charge in [0.25, 0.3) is 0 Å². The minimum Gasteiger partial charge on any atom is -0.507 e. The van der Waals surface area contributed by atoms with Gasteiger partial charge < -0.3 is 25.4 Å². The molecule has 0 aromatic heterocycles. The topological polar surface area (TPSA) is 150 Å². The molecule has 9 heteroatoms. The van der Waals surface area contributed by atoms with Crippen LogP contribution in [-0.4, -0.2) is 51.0 Å². The number of hydrogen-bond acceptors (Lipinski definition) is 8. The summed E-state index contributed by atoms with van der Waals surface area (Å²) >= 11 is 0. The molecule has 0 spiro atoms. The van der Waals surface area contributed by atoms with Gasteiger partial charge in [-0.1, -0.05) is 19.1 Å². The van der Waals surface area contributed by atoms with Crippen molar-refractivity contribution in [3.8, 4) is 5.75 Å². The zero-order chi connectivity index (χ0) is 27.2. The van der Waals surface area contributed by atoms with Crippen molar-refractivity contribution in [2.75, 3.05) is 0 Å². The van der Waals surface area contributed by atoms with Crippen molar-refractivity contribution in [3.63, 3.8) is 0 Å². The smallest absolute Gasteiger partial charge is 0.334 e. The third-order valence-corrected chi connectivity index (χ3v) is 7.40. The first-order valence-corrected chi connectivity index (χ1v) is 12.4. The molecule has 37 heavy (non-hydrogen) atoms. The van der Waals surface area contributed by atoms with E-state index in [1.165, 1.54) is 26.0 Å². The number of phenols is 1. The Morgan fingerprint density at radius 2 is 1.86 bits per heavy atom. The van der Waals surface area contributed by atoms with Gasteiger partial charge >= 0.3 is 5.97 Å². The number of carbonyl (C=O) groups is 4. The van der Waals surface area contributed by atoms with Gasteiger partial charge in [0.05, 0.1) is 23.3 Å². The van der Waals surface area contributed by atoms with Gasteiger partial charge in [-0.2, -0.15) is 0 Å². The Hall–Kier alpha value is -3.56. The van der Waals surface area contributed by atoms with E-state index in [1.54, 1.807) is 19.1 Å². The maximum Gasteiger partial charge on any atom is 0.334 e. The molecule has 1 aromatic carbocycles. The number of hydrogen-bond donors (Lipinski definition) is 4. The number of rotatable bonds is 2. The molecular formula is C28H31NO8. The number of nitrogens with one attached hydrogen (secondary N) is 1. The number of aliphatic hydroxyl groups excluding tert-OH is 1. The highest BCUT2D eigenvalue weighted by molar-refractivity contribution is 6.17. The first-order chi connectivity index (χ1) is 17.4. The van der Waals surface area contributed by atoms with Gasteiger partial charge in [-0.3, -0.25) is 14.4 Å². The molecule has 4 N–H and O–H groups in total. The summed E-state index contributed by atoms with van der Waals surface area (Å²) in [5.41, 5.74) is -2.21. The highest BCUT2D eigenvalue weighted by Gasteiger charge is 2.55. The lowest BCUT2D eigenvalue weighted by Crippen LogP contribution is -2.39. The molecule has 1 aliphatic carbocycles. The molecule has 1 amide bonds. The van der Waals surface area contributed by atoms with E-state index in [0.717, 1.165) is 6.08 Å². The van der Waals surface area contributed by atoms with Crippen LogP contribution in [0.4, 0.5) is 0 Å². The van der Waals surface area contributed by atoms with Crippen molar-refractivity contribution in [2.45, 2.75) is 64.8 Å². The van der Waals surface area contributed by atoms with Crippen LogP contribution in [0, 0.1) is 18.8 Å². The van der Waals surface area contributed by atoms with E-state index >= 15 is 0 Å². The highest BCUT2D eigenvalue weighted by atomic mass is 16.6. The standard InChI is InChI=1S/C28H31NO8/c1-5-16-6-8-19(31)24-23-17(10-13(2)25(24)33)28(36)18(26(34)29-22(28)12-20(23)32)11-14(3)27(35)37-21(9-7-16)15(4)30/h7,9-12,15-16,18,21,30,33,36H,5-6,8H2,1-4H3,(H,29,34)/t15?,16-,18-,21+,28-/m0/s1. The Bertz CT molecular complexity index is 1290. The Morgan fingerprint density at radius 3 is 2.51 bits per heavy atom. The second-order valence-electron chi connectivity index (χ2n) is 9.97. The molecule has 3 aliphatic rings. The summed E-state index contributed by atoms with van der Waals surface area (Å²) < 4.78 is 5.49. The van der Waals surface area contributed by atoms with Gasteiger partial charge in [-0.05, 0) is 57.2 Å². The van der Waals surface area contributed by atoms with Crippen LogP contribution in [0.15, 0.2) is 41.6 Å². The zero-order valence-corrected chi connectivity index (χ0v) is 21.2. The lowest BCUT2D eigenvalue weighted by Gasteiger charge is -2.34. The summed E-state index contributed by atoms with van der Waals surface area (Å²) in [4.78, 5) is 52.5. The largest absolute Gasteiger partial charge is 0.507 e. The number of esters is 1. The lowest BCUT2D eigenvalue weighted by atomic mass is 9.72. The second kappa shape index (κ2) is 9.72. The second-order valence-corrected chi connectivity index (χ2v) is 9.97. The Labute approximate surface area is 214 Å². The van der Waals surface area contributed by atoms with E-state index in [4.69, 9.17) is 4.74 Å². The molecule has 9 nitrogen and oxygen atoms in total. The summed E-state index contributed by atoms with van der Waals surface area (Å²) in [5, 5.41) is 35.5. The maximum atomic E-state index is 13.4. The number of ether oxygens (including phenoxy) is 1. The average Bonchev–Trinajstić information content (AvgIpc) is 3.08. The van der Waals surface area contributed by atoms with Crippen LogP contribution in [-0.2, 0) is 19.9 Å². The molecular weight excluding hydrogens is 478 g/mol. The van der Waals surface area contributed by atoms with Crippen molar-refractivity contribution in [1.82, 2.24) is 5.32 Å². The van der Waals surface area contributed by atoms with E-state index < -0.39 is 47.2 Å². The molecule has 4 rings (SSSR count). The molecule has 0 saturated carbocycles. The van der Waals surface area contributed by atoms with Gasteiger partial charge in [0.1, 0.15) is 17.5 Å². The van der Waals surface area contributed by atoms with Crippen molar-refractivity contribution >= 4 is 23.4 Å². The van der Waals surface area contributed by atoms with Crippen LogP contribution >= 0.6 is 0 Å². The minimum atomic E-state index is -2.08. The molecule has 1 saturated heterocycles. The molecule has 2 aliphatic heterocycles. The quantitative estimate of drug-likeness (QED) is 0.351. The lowest BCUT2D eigenvalue weighted by molar-refractivity contribution is -0.146. The summed E-state index contributed by atoms with van der Waals surface area (Å²) in [5.74, 6) is -4.31. The van der Waals surface area contributed by atoms with Gasteiger partial charge in [-0.15, -0.1) is 0 Å². The molecule has 1 unspecified atom stereocenters. The van der Waals surface area contributed by atoms with Crippen LogP contribution in [0.25, 0.3) is 0 Å². The Balaban J connectivity index is 1.96. The number of Topliss-reactive ketones (excluding diaryl/α,β-unsaturated/α-hetero) is 1. The fraction of sp³-hybridized carbons (Fsp3) is 0.429. The van der Waals surface area contributed by atoms with Crippen LogP contribution in [0.3, 0.4) is 0 Å². The van der Waals surface area contributed by atoms with Gasteiger partial charge in [0.2, 0.25) is 5.91 Å². The van der Waals surface area contributed by atoms with E-state index in [9.17, 15) is 34.5 Å². The van der Waals surface area contributed by atoms with Crippen LogP contribution in [0.2, 0.25) is 0 Å².